The fourth-order valence-electron chi connectivity index (χ4n) is 3.53. The fourth-order valence-corrected chi connectivity index (χ4v) is 3.70. The van der Waals surface area contributed by atoms with Gasteiger partial charge in [-0.3, -0.25) is 4.40 Å². The summed E-state index contributed by atoms with van der Waals surface area (Å²) in [7, 11) is 1.94. The first kappa shape index (κ1) is 18.8. The number of nitrogens with zero attached hydrogens (tertiary/aromatic N) is 5. The molecule has 4 aromatic rings. The molecule has 0 bridgehead atoms. The van der Waals surface area contributed by atoms with E-state index < -0.39 is 5.60 Å². The smallest absolute Gasteiger partial charge is 0.257 e. The van der Waals surface area contributed by atoms with Gasteiger partial charge in [-0.25, -0.2) is 0 Å². The summed E-state index contributed by atoms with van der Waals surface area (Å²) >= 11 is 6.22. The van der Waals surface area contributed by atoms with Crippen LogP contribution in [0.5, 0.6) is 0 Å². The van der Waals surface area contributed by atoms with Crippen molar-refractivity contribution in [3.63, 3.8) is 0 Å². The monoisotopic (exact) mass is 419 g/mol. The van der Waals surface area contributed by atoms with Crippen LogP contribution in [0.2, 0.25) is 5.02 Å². The van der Waals surface area contributed by atoms with Gasteiger partial charge in [-0.15, -0.1) is 10.2 Å². The summed E-state index contributed by atoms with van der Waals surface area (Å²) in [5, 5.41) is 20.0. The number of anilines is 2. The molecular weight excluding hydrogens is 402 g/mol. The minimum absolute atomic E-state index is 0.246. The molecule has 1 aliphatic heterocycles. The third-order valence-electron chi connectivity index (χ3n) is 5.19. The van der Waals surface area contributed by atoms with Crippen molar-refractivity contribution in [3.8, 4) is 11.8 Å². The second-order valence-corrected chi connectivity index (χ2v) is 7.73. The van der Waals surface area contributed by atoms with Crippen LogP contribution in [0.15, 0.2) is 48.8 Å². The molecular formula is C22H18ClN5O2. The number of benzene rings is 2. The van der Waals surface area contributed by atoms with E-state index in [-0.39, 0.29) is 6.61 Å². The van der Waals surface area contributed by atoms with Crippen LogP contribution in [-0.4, -0.2) is 50.6 Å². The number of rotatable bonds is 2. The SMILES string of the molecule is CN(c1cccc(C#CC2(O)CCOC2)c1)c1nc2nncn2c2cc(Cl)ccc12. The van der Waals surface area contributed by atoms with Crippen LogP contribution in [0, 0.1) is 11.8 Å². The second-order valence-electron chi connectivity index (χ2n) is 7.29. The molecule has 30 heavy (non-hydrogen) atoms. The summed E-state index contributed by atoms with van der Waals surface area (Å²) in [6, 6.07) is 13.4. The zero-order chi connectivity index (χ0) is 20.7. The standard InChI is InChI=1S/C22H18ClN5O2/c1-27(17-4-2-3-15(11-17)7-8-22(29)9-10-30-13-22)20-18-6-5-16(23)12-19(18)28-14-24-26-21(28)25-20/h2-6,11-12,14,29H,9-10,13H2,1H3. The highest BCUT2D eigenvalue weighted by Gasteiger charge is 2.29. The Bertz CT molecular complexity index is 1320. The van der Waals surface area contributed by atoms with Crippen molar-refractivity contribution in [1.82, 2.24) is 19.6 Å². The predicted molar refractivity (Wildman–Crippen MR) is 115 cm³/mol. The van der Waals surface area contributed by atoms with Gasteiger partial charge in [-0.05, 0) is 36.4 Å². The van der Waals surface area contributed by atoms with Crippen molar-refractivity contribution in [3.05, 3.63) is 59.4 Å². The van der Waals surface area contributed by atoms with Crippen molar-refractivity contribution < 1.29 is 9.84 Å². The van der Waals surface area contributed by atoms with Gasteiger partial charge in [-0.2, -0.15) is 4.98 Å². The van der Waals surface area contributed by atoms with E-state index in [1.807, 2.05) is 58.8 Å². The lowest BCUT2D eigenvalue weighted by Crippen LogP contribution is -2.26. The molecule has 1 fully saturated rings. The van der Waals surface area contributed by atoms with Crippen LogP contribution in [0.25, 0.3) is 16.7 Å². The van der Waals surface area contributed by atoms with Crippen molar-refractivity contribution in [1.29, 1.82) is 0 Å². The molecule has 2 aromatic carbocycles. The van der Waals surface area contributed by atoms with Crippen molar-refractivity contribution >= 4 is 39.8 Å². The molecule has 3 heterocycles. The molecule has 150 valence electrons. The quantitative estimate of drug-likeness (QED) is 0.503. The van der Waals surface area contributed by atoms with Gasteiger partial charge in [0.2, 0.25) is 0 Å². The molecule has 8 heteroatoms. The van der Waals surface area contributed by atoms with Gasteiger partial charge in [0.1, 0.15) is 12.1 Å². The van der Waals surface area contributed by atoms with E-state index in [9.17, 15) is 5.11 Å². The number of aromatic nitrogens is 4. The molecule has 1 atom stereocenters. The number of ether oxygens (including phenoxy) is 1. The number of halogens is 1. The molecule has 7 nitrogen and oxygen atoms in total. The first-order chi connectivity index (χ1) is 14.5. The van der Waals surface area contributed by atoms with Gasteiger partial charge >= 0.3 is 0 Å². The van der Waals surface area contributed by atoms with Gasteiger partial charge in [0.25, 0.3) is 5.78 Å². The Morgan fingerprint density at radius 3 is 3.00 bits per heavy atom. The maximum atomic E-state index is 10.4. The molecule has 0 amide bonds. The molecule has 1 N–H and O–H groups in total. The molecule has 0 saturated carbocycles. The second kappa shape index (κ2) is 7.26. The maximum Gasteiger partial charge on any atom is 0.257 e. The molecule has 2 aromatic heterocycles. The van der Waals surface area contributed by atoms with Gasteiger partial charge < -0.3 is 14.7 Å². The third kappa shape index (κ3) is 3.35. The largest absolute Gasteiger partial charge is 0.377 e. The summed E-state index contributed by atoms with van der Waals surface area (Å²) in [6.45, 7) is 0.776. The Balaban J connectivity index is 1.57. The Morgan fingerprint density at radius 2 is 2.17 bits per heavy atom. The number of aliphatic hydroxyl groups is 1. The molecule has 0 radical (unpaired) electrons. The number of hydrogen-bond donors (Lipinski definition) is 1. The number of fused-ring (bicyclic) bond motifs is 3. The van der Waals surface area contributed by atoms with Crippen molar-refractivity contribution in [2.45, 2.75) is 12.0 Å². The summed E-state index contributed by atoms with van der Waals surface area (Å²) < 4.78 is 7.07. The fraction of sp³-hybridized carbons (Fsp3) is 0.227. The Kier molecular flexibility index (Phi) is 4.55. The van der Waals surface area contributed by atoms with Crippen molar-refractivity contribution in [2.75, 3.05) is 25.2 Å². The lowest BCUT2D eigenvalue weighted by molar-refractivity contribution is 0.0765. The average molecular weight is 420 g/mol. The zero-order valence-electron chi connectivity index (χ0n) is 16.2. The molecule has 1 unspecified atom stereocenters. The van der Waals surface area contributed by atoms with Crippen LogP contribution >= 0.6 is 11.6 Å². The Hall–Kier alpha value is -3.18. The normalized spacial score (nSPS) is 18.5. The zero-order valence-corrected chi connectivity index (χ0v) is 17.0. The summed E-state index contributed by atoms with van der Waals surface area (Å²) in [6.07, 6.45) is 2.15. The van der Waals surface area contributed by atoms with E-state index in [1.54, 1.807) is 6.33 Å². The van der Waals surface area contributed by atoms with Crippen LogP contribution in [0.3, 0.4) is 0 Å². The highest BCUT2D eigenvalue weighted by molar-refractivity contribution is 6.31. The first-order valence-corrected chi connectivity index (χ1v) is 9.86. The molecule has 1 aliphatic rings. The average Bonchev–Trinajstić information content (AvgIpc) is 3.41. The van der Waals surface area contributed by atoms with E-state index in [2.05, 4.69) is 22.0 Å². The van der Waals surface area contributed by atoms with E-state index >= 15 is 0 Å². The van der Waals surface area contributed by atoms with Crippen molar-refractivity contribution in [2.24, 2.45) is 0 Å². The van der Waals surface area contributed by atoms with E-state index in [1.165, 1.54) is 0 Å². The van der Waals surface area contributed by atoms with Crippen LogP contribution in [0.1, 0.15) is 12.0 Å². The van der Waals surface area contributed by atoms with Crippen LogP contribution in [-0.2, 0) is 4.74 Å². The topological polar surface area (TPSA) is 75.8 Å². The van der Waals surface area contributed by atoms with Gasteiger partial charge in [0, 0.05) is 35.1 Å². The number of hydrogen-bond acceptors (Lipinski definition) is 6. The van der Waals surface area contributed by atoms with Gasteiger partial charge in [0.05, 0.1) is 18.7 Å². The summed E-state index contributed by atoms with van der Waals surface area (Å²) in [4.78, 5) is 6.67. The molecule has 0 spiro atoms. The third-order valence-corrected chi connectivity index (χ3v) is 5.42. The van der Waals surface area contributed by atoms with Crippen LogP contribution in [0.4, 0.5) is 11.5 Å². The highest BCUT2D eigenvalue weighted by atomic mass is 35.5. The Morgan fingerprint density at radius 1 is 1.27 bits per heavy atom. The van der Waals surface area contributed by atoms with E-state index in [0.717, 1.165) is 28.0 Å². The maximum absolute atomic E-state index is 10.4. The summed E-state index contributed by atoms with van der Waals surface area (Å²) in [5.74, 6) is 7.24. The minimum atomic E-state index is -1.07. The van der Waals surface area contributed by atoms with E-state index in [4.69, 9.17) is 21.3 Å². The van der Waals surface area contributed by atoms with Crippen LogP contribution < -0.4 is 4.90 Å². The molecule has 5 rings (SSSR count). The van der Waals surface area contributed by atoms with Gasteiger partial charge in [-0.1, -0.05) is 29.5 Å². The van der Waals surface area contributed by atoms with Gasteiger partial charge in [0.15, 0.2) is 5.60 Å². The highest BCUT2D eigenvalue weighted by Crippen LogP contribution is 2.31. The lowest BCUT2D eigenvalue weighted by Gasteiger charge is -2.21. The Labute approximate surface area is 177 Å². The predicted octanol–water partition coefficient (Wildman–Crippen LogP) is 3.20. The molecule has 0 aliphatic carbocycles. The van der Waals surface area contributed by atoms with E-state index in [0.29, 0.717) is 23.8 Å². The first-order valence-electron chi connectivity index (χ1n) is 9.49. The minimum Gasteiger partial charge on any atom is -0.377 e. The lowest BCUT2D eigenvalue weighted by atomic mass is 10.0. The molecule has 1 saturated heterocycles. The summed E-state index contributed by atoms with van der Waals surface area (Å²) in [5.41, 5.74) is 1.51.